The number of ether oxygens (including phenoxy) is 1. The van der Waals surface area contributed by atoms with Crippen LogP contribution in [0.5, 0.6) is 0 Å². The molecule has 0 bridgehead atoms. The average Bonchev–Trinajstić information content (AvgIpc) is 2.82. The third kappa shape index (κ3) is 3.03. The summed E-state index contributed by atoms with van der Waals surface area (Å²) in [6.45, 7) is 3.01. The molecule has 1 aromatic heterocycles. The first-order valence-corrected chi connectivity index (χ1v) is 6.42. The molecule has 6 nitrogen and oxygen atoms in total. The fourth-order valence-electron chi connectivity index (χ4n) is 2.08. The lowest BCUT2D eigenvalue weighted by atomic mass is 10.1. The summed E-state index contributed by atoms with van der Waals surface area (Å²) >= 11 is 0. The number of methoxy groups -OCH3 is 1. The molecule has 6 heteroatoms. The molecular formula is C14H18N4O2. The van der Waals surface area contributed by atoms with Gasteiger partial charge < -0.3 is 10.5 Å². The van der Waals surface area contributed by atoms with Crippen LogP contribution in [-0.4, -0.2) is 34.6 Å². The summed E-state index contributed by atoms with van der Waals surface area (Å²) in [6.07, 6.45) is 0.531. The maximum absolute atomic E-state index is 11.7. The van der Waals surface area contributed by atoms with Crippen LogP contribution in [0.4, 0.5) is 0 Å². The van der Waals surface area contributed by atoms with Crippen molar-refractivity contribution in [2.45, 2.75) is 19.9 Å². The largest absolute Gasteiger partial charge is 0.464 e. The van der Waals surface area contributed by atoms with Crippen molar-refractivity contribution in [3.8, 4) is 0 Å². The van der Waals surface area contributed by atoms with E-state index >= 15 is 0 Å². The molecular weight excluding hydrogens is 256 g/mol. The van der Waals surface area contributed by atoms with E-state index in [2.05, 4.69) is 16.4 Å². The number of aryl methyl sites for hydroxylation is 1. The molecule has 0 saturated carbocycles. The quantitative estimate of drug-likeness (QED) is 0.820. The Balaban J connectivity index is 2.31. The number of rotatable bonds is 5. The van der Waals surface area contributed by atoms with Crippen molar-refractivity contribution in [2.75, 3.05) is 13.7 Å². The Labute approximate surface area is 117 Å². The molecule has 106 valence electrons. The highest BCUT2D eigenvalue weighted by molar-refractivity contribution is 5.88. The van der Waals surface area contributed by atoms with Gasteiger partial charge in [0.1, 0.15) is 0 Å². The van der Waals surface area contributed by atoms with Gasteiger partial charge in [0.15, 0.2) is 5.69 Å². The number of hydrogen-bond acceptors (Lipinski definition) is 5. The number of nitrogens with two attached hydrogens (primary N) is 1. The molecule has 2 rings (SSSR count). The van der Waals surface area contributed by atoms with Crippen molar-refractivity contribution in [2.24, 2.45) is 5.73 Å². The molecule has 0 amide bonds. The van der Waals surface area contributed by atoms with Crippen LogP contribution in [0.3, 0.4) is 0 Å². The third-order valence-electron chi connectivity index (χ3n) is 3.01. The van der Waals surface area contributed by atoms with Crippen LogP contribution in [0.2, 0.25) is 0 Å². The van der Waals surface area contributed by atoms with Crippen molar-refractivity contribution >= 4 is 5.97 Å². The minimum absolute atomic E-state index is 0.241. The van der Waals surface area contributed by atoms with E-state index in [1.54, 1.807) is 4.68 Å². The first-order chi connectivity index (χ1) is 9.65. The van der Waals surface area contributed by atoms with Crippen LogP contribution >= 0.6 is 0 Å². The summed E-state index contributed by atoms with van der Waals surface area (Å²) < 4.78 is 6.41. The van der Waals surface area contributed by atoms with Gasteiger partial charge in [-0.1, -0.05) is 35.0 Å². The second-order valence-corrected chi connectivity index (χ2v) is 4.56. The number of hydrogen-bond donors (Lipinski definition) is 1. The lowest BCUT2D eigenvalue weighted by Crippen LogP contribution is -2.14. The van der Waals surface area contributed by atoms with Gasteiger partial charge in [0, 0.05) is 6.42 Å². The van der Waals surface area contributed by atoms with Crippen LogP contribution in [0.15, 0.2) is 24.3 Å². The molecule has 0 atom stereocenters. The lowest BCUT2D eigenvalue weighted by Gasteiger charge is -2.07. The minimum atomic E-state index is -0.482. The molecule has 0 aliphatic carbocycles. The first kappa shape index (κ1) is 14.2. The Bertz CT molecular complexity index is 607. The maximum atomic E-state index is 11.7. The summed E-state index contributed by atoms with van der Waals surface area (Å²) in [5, 5.41) is 7.95. The summed E-state index contributed by atoms with van der Waals surface area (Å²) in [5.74, 6) is -0.482. The summed E-state index contributed by atoms with van der Waals surface area (Å²) in [7, 11) is 1.33. The highest BCUT2D eigenvalue weighted by Crippen LogP contribution is 2.11. The van der Waals surface area contributed by atoms with Gasteiger partial charge in [0.05, 0.1) is 19.3 Å². The minimum Gasteiger partial charge on any atom is -0.464 e. The van der Waals surface area contributed by atoms with E-state index in [-0.39, 0.29) is 5.69 Å². The molecule has 0 saturated heterocycles. The molecule has 1 aromatic carbocycles. The smallest absolute Gasteiger partial charge is 0.360 e. The van der Waals surface area contributed by atoms with Crippen molar-refractivity contribution in [3.63, 3.8) is 0 Å². The number of carbonyl (C=O) groups excluding carboxylic acids is 1. The molecule has 1 heterocycles. The van der Waals surface area contributed by atoms with Crippen molar-refractivity contribution in [1.82, 2.24) is 15.0 Å². The molecule has 0 aliphatic rings. The van der Waals surface area contributed by atoms with Crippen LogP contribution in [0.25, 0.3) is 0 Å². The van der Waals surface area contributed by atoms with E-state index in [4.69, 9.17) is 10.5 Å². The predicted octanol–water partition coefficient (Wildman–Crippen LogP) is 0.923. The lowest BCUT2D eigenvalue weighted by molar-refractivity contribution is 0.0592. The SMILES string of the molecule is COC(=O)c1nnn(Cc2cccc(C)c2)c1CCN. The van der Waals surface area contributed by atoms with Gasteiger partial charge >= 0.3 is 5.97 Å². The monoisotopic (exact) mass is 274 g/mol. The zero-order valence-corrected chi connectivity index (χ0v) is 11.7. The second-order valence-electron chi connectivity index (χ2n) is 4.56. The summed E-state index contributed by atoms with van der Waals surface area (Å²) in [6, 6.07) is 8.11. The Morgan fingerprint density at radius 1 is 1.45 bits per heavy atom. The zero-order chi connectivity index (χ0) is 14.5. The van der Waals surface area contributed by atoms with E-state index < -0.39 is 5.97 Å². The standard InChI is InChI=1S/C14H18N4O2/c1-10-4-3-5-11(8-10)9-18-12(6-7-15)13(16-17-18)14(19)20-2/h3-5,8H,6-7,9,15H2,1-2H3. The van der Waals surface area contributed by atoms with Crippen LogP contribution in [-0.2, 0) is 17.7 Å². The van der Waals surface area contributed by atoms with E-state index in [9.17, 15) is 4.79 Å². The molecule has 0 fully saturated rings. The number of aromatic nitrogens is 3. The van der Waals surface area contributed by atoms with Crippen LogP contribution in [0.1, 0.15) is 27.3 Å². The first-order valence-electron chi connectivity index (χ1n) is 6.42. The van der Waals surface area contributed by atoms with E-state index in [0.29, 0.717) is 25.2 Å². The molecule has 0 unspecified atom stereocenters. The Hall–Kier alpha value is -2.21. The second kappa shape index (κ2) is 6.29. The van der Waals surface area contributed by atoms with E-state index in [1.807, 2.05) is 25.1 Å². The van der Waals surface area contributed by atoms with Crippen molar-refractivity contribution in [3.05, 3.63) is 46.8 Å². The molecule has 0 aliphatic heterocycles. The van der Waals surface area contributed by atoms with Gasteiger partial charge in [0.25, 0.3) is 0 Å². The van der Waals surface area contributed by atoms with Crippen LogP contribution < -0.4 is 5.73 Å². The van der Waals surface area contributed by atoms with Crippen molar-refractivity contribution < 1.29 is 9.53 Å². The normalized spacial score (nSPS) is 10.6. The van der Waals surface area contributed by atoms with Crippen molar-refractivity contribution in [1.29, 1.82) is 0 Å². The summed E-state index contributed by atoms with van der Waals surface area (Å²) in [4.78, 5) is 11.7. The molecule has 2 aromatic rings. The predicted molar refractivity (Wildman–Crippen MR) is 74.4 cm³/mol. The highest BCUT2D eigenvalue weighted by atomic mass is 16.5. The fourth-order valence-corrected chi connectivity index (χ4v) is 2.08. The fraction of sp³-hybridized carbons (Fsp3) is 0.357. The highest BCUT2D eigenvalue weighted by Gasteiger charge is 2.19. The molecule has 2 N–H and O–H groups in total. The number of nitrogens with zero attached hydrogens (tertiary/aromatic N) is 3. The van der Waals surface area contributed by atoms with E-state index in [1.165, 1.54) is 12.7 Å². The third-order valence-corrected chi connectivity index (χ3v) is 3.01. The van der Waals surface area contributed by atoms with Gasteiger partial charge in [0.2, 0.25) is 0 Å². The summed E-state index contributed by atoms with van der Waals surface area (Å²) in [5.41, 5.74) is 8.82. The molecule has 0 spiro atoms. The molecule has 20 heavy (non-hydrogen) atoms. The van der Waals surface area contributed by atoms with Gasteiger partial charge in [-0.2, -0.15) is 0 Å². The van der Waals surface area contributed by atoms with Crippen LogP contribution in [0, 0.1) is 6.92 Å². The van der Waals surface area contributed by atoms with Gasteiger partial charge in [-0.3, -0.25) is 0 Å². The Morgan fingerprint density at radius 2 is 2.25 bits per heavy atom. The number of esters is 1. The molecule has 0 radical (unpaired) electrons. The average molecular weight is 274 g/mol. The number of carbonyl (C=O) groups is 1. The van der Waals surface area contributed by atoms with E-state index in [0.717, 1.165) is 5.56 Å². The van der Waals surface area contributed by atoms with Gasteiger partial charge in [-0.15, -0.1) is 5.10 Å². The Kier molecular flexibility index (Phi) is 4.47. The Morgan fingerprint density at radius 3 is 2.90 bits per heavy atom. The topological polar surface area (TPSA) is 83.0 Å². The zero-order valence-electron chi connectivity index (χ0n) is 11.7. The maximum Gasteiger partial charge on any atom is 0.360 e. The number of benzene rings is 1. The van der Waals surface area contributed by atoms with Gasteiger partial charge in [-0.05, 0) is 19.0 Å². The van der Waals surface area contributed by atoms with Gasteiger partial charge in [-0.25, -0.2) is 9.48 Å².